The van der Waals surface area contributed by atoms with Crippen LogP contribution in [0, 0.1) is 13.8 Å². The maximum absolute atomic E-state index is 11.8. The average Bonchev–Trinajstić information content (AvgIpc) is 2.46. The number of nitrogens with one attached hydrogen (secondary N) is 2. The SMILES string of the molecule is Cc1ccc(NCC(=O)NCc2ccc(Cl)cc2)c(C)c1. The molecule has 2 aromatic carbocycles. The van der Waals surface area contributed by atoms with Crippen molar-refractivity contribution in [3.8, 4) is 0 Å². The highest BCUT2D eigenvalue weighted by Crippen LogP contribution is 2.15. The van der Waals surface area contributed by atoms with Crippen molar-refractivity contribution >= 4 is 23.2 Å². The van der Waals surface area contributed by atoms with Gasteiger partial charge in [0.25, 0.3) is 0 Å². The molecule has 0 saturated carbocycles. The number of amides is 1. The van der Waals surface area contributed by atoms with Crippen LogP contribution >= 0.6 is 11.6 Å². The second kappa shape index (κ2) is 7.14. The molecule has 0 spiro atoms. The van der Waals surface area contributed by atoms with Crippen LogP contribution < -0.4 is 10.6 Å². The number of hydrogen-bond acceptors (Lipinski definition) is 2. The normalized spacial score (nSPS) is 10.2. The summed E-state index contributed by atoms with van der Waals surface area (Å²) in [5.41, 5.74) is 4.37. The first-order chi connectivity index (χ1) is 10.0. The molecule has 0 fully saturated rings. The second-order valence-electron chi connectivity index (χ2n) is 5.08. The Balaban J connectivity index is 1.80. The monoisotopic (exact) mass is 302 g/mol. The summed E-state index contributed by atoms with van der Waals surface area (Å²) in [5, 5.41) is 6.72. The fraction of sp³-hybridized carbons (Fsp3) is 0.235. The molecule has 1 amide bonds. The van der Waals surface area contributed by atoms with E-state index in [4.69, 9.17) is 11.6 Å². The van der Waals surface area contributed by atoms with Crippen LogP contribution in [0.2, 0.25) is 5.02 Å². The van der Waals surface area contributed by atoms with E-state index in [0.29, 0.717) is 11.6 Å². The first-order valence-electron chi connectivity index (χ1n) is 6.87. The van der Waals surface area contributed by atoms with Gasteiger partial charge in [-0.2, -0.15) is 0 Å². The highest BCUT2D eigenvalue weighted by Gasteiger charge is 2.03. The largest absolute Gasteiger partial charge is 0.376 e. The first-order valence-corrected chi connectivity index (χ1v) is 7.24. The van der Waals surface area contributed by atoms with E-state index in [9.17, 15) is 4.79 Å². The van der Waals surface area contributed by atoms with Gasteiger partial charge in [0.05, 0.1) is 6.54 Å². The summed E-state index contributed by atoms with van der Waals surface area (Å²) in [6, 6.07) is 13.6. The summed E-state index contributed by atoms with van der Waals surface area (Å²) in [6.45, 7) is 4.85. The maximum atomic E-state index is 11.8. The van der Waals surface area contributed by atoms with Crippen molar-refractivity contribution in [3.05, 3.63) is 64.2 Å². The zero-order valence-corrected chi connectivity index (χ0v) is 13.0. The third-order valence-electron chi connectivity index (χ3n) is 3.22. The molecule has 0 radical (unpaired) electrons. The molecule has 2 N–H and O–H groups in total. The van der Waals surface area contributed by atoms with Gasteiger partial charge in [-0.1, -0.05) is 41.4 Å². The van der Waals surface area contributed by atoms with Crippen LogP contribution in [0.1, 0.15) is 16.7 Å². The number of carbonyl (C=O) groups is 1. The van der Waals surface area contributed by atoms with Crippen LogP contribution in [0.25, 0.3) is 0 Å². The fourth-order valence-electron chi connectivity index (χ4n) is 2.05. The van der Waals surface area contributed by atoms with Gasteiger partial charge in [-0.15, -0.1) is 0 Å². The maximum Gasteiger partial charge on any atom is 0.239 e. The molecule has 0 aliphatic carbocycles. The Kier molecular flexibility index (Phi) is 5.23. The van der Waals surface area contributed by atoms with E-state index in [1.54, 1.807) is 0 Å². The van der Waals surface area contributed by atoms with E-state index in [2.05, 4.69) is 23.6 Å². The molecule has 21 heavy (non-hydrogen) atoms. The molecule has 0 heterocycles. The van der Waals surface area contributed by atoms with Gasteiger partial charge in [0, 0.05) is 17.3 Å². The van der Waals surface area contributed by atoms with Crippen molar-refractivity contribution in [2.24, 2.45) is 0 Å². The van der Waals surface area contributed by atoms with Crippen molar-refractivity contribution in [1.29, 1.82) is 0 Å². The lowest BCUT2D eigenvalue weighted by atomic mass is 10.1. The van der Waals surface area contributed by atoms with Gasteiger partial charge in [0.1, 0.15) is 0 Å². The van der Waals surface area contributed by atoms with Gasteiger partial charge in [0.15, 0.2) is 0 Å². The van der Waals surface area contributed by atoms with Crippen LogP contribution in [0.15, 0.2) is 42.5 Å². The van der Waals surface area contributed by atoms with Crippen LogP contribution in [0.3, 0.4) is 0 Å². The minimum atomic E-state index is -0.0371. The molecule has 110 valence electrons. The predicted molar refractivity (Wildman–Crippen MR) is 87.7 cm³/mol. The molecule has 4 heteroatoms. The zero-order valence-electron chi connectivity index (χ0n) is 12.2. The van der Waals surface area contributed by atoms with Crippen LogP contribution in [0.5, 0.6) is 0 Å². The van der Waals surface area contributed by atoms with Crippen molar-refractivity contribution in [2.45, 2.75) is 20.4 Å². The molecule has 0 unspecified atom stereocenters. The third-order valence-corrected chi connectivity index (χ3v) is 3.48. The highest BCUT2D eigenvalue weighted by molar-refractivity contribution is 6.30. The molecule has 0 aliphatic heterocycles. The minimum absolute atomic E-state index is 0.0371. The summed E-state index contributed by atoms with van der Waals surface area (Å²) in [4.78, 5) is 11.8. The number of carbonyl (C=O) groups excluding carboxylic acids is 1. The van der Waals surface area contributed by atoms with E-state index in [0.717, 1.165) is 16.8 Å². The van der Waals surface area contributed by atoms with E-state index < -0.39 is 0 Å². The summed E-state index contributed by atoms with van der Waals surface area (Å²) < 4.78 is 0. The molecule has 0 aromatic heterocycles. The van der Waals surface area contributed by atoms with Crippen LogP contribution in [-0.2, 0) is 11.3 Å². The van der Waals surface area contributed by atoms with Gasteiger partial charge in [0.2, 0.25) is 5.91 Å². The molecular weight excluding hydrogens is 284 g/mol. The second-order valence-corrected chi connectivity index (χ2v) is 5.51. The number of hydrogen-bond donors (Lipinski definition) is 2. The Morgan fingerprint density at radius 2 is 1.81 bits per heavy atom. The molecular formula is C17H19ClN2O. The number of aryl methyl sites for hydroxylation is 2. The third kappa shape index (κ3) is 4.80. The van der Waals surface area contributed by atoms with E-state index in [1.807, 2.05) is 43.3 Å². The van der Waals surface area contributed by atoms with Crippen molar-refractivity contribution in [1.82, 2.24) is 5.32 Å². The molecule has 0 saturated heterocycles. The Hall–Kier alpha value is -2.00. The standard InChI is InChI=1S/C17H19ClN2O/c1-12-3-8-16(13(2)9-12)19-11-17(21)20-10-14-4-6-15(18)7-5-14/h3-9,19H,10-11H2,1-2H3,(H,20,21). The Morgan fingerprint density at radius 1 is 1.10 bits per heavy atom. The summed E-state index contributed by atoms with van der Waals surface area (Å²) >= 11 is 5.82. The van der Waals surface area contributed by atoms with Gasteiger partial charge in [-0.3, -0.25) is 4.79 Å². The number of halogens is 1. The Bertz CT molecular complexity index is 623. The molecule has 0 aliphatic rings. The van der Waals surface area contributed by atoms with Crippen LogP contribution in [-0.4, -0.2) is 12.5 Å². The number of rotatable bonds is 5. The van der Waals surface area contributed by atoms with Crippen molar-refractivity contribution in [2.75, 3.05) is 11.9 Å². The topological polar surface area (TPSA) is 41.1 Å². The molecule has 0 bridgehead atoms. The van der Waals surface area contributed by atoms with E-state index in [-0.39, 0.29) is 12.5 Å². The predicted octanol–water partition coefficient (Wildman–Crippen LogP) is 3.69. The lowest BCUT2D eigenvalue weighted by Gasteiger charge is -2.10. The summed E-state index contributed by atoms with van der Waals surface area (Å²) in [5.74, 6) is -0.0371. The van der Waals surface area contributed by atoms with Crippen LogP contribution in [0.4, 0.5) is 5.69 Å². The Labute approximate surface area is 130 Å². The number of anilines is 1. The van der Waals surface area contributed by atoms with Gasteiger partial charge < -0.3 is 10.6 Å². The van der Waals surface area contributed by atoms with Crippen molar-refractivity contribution < 1.29 is 4.79 Å². The number of benzene rings is 2. The quantitative estimate of drug-likeness (QED) is 0.884. The van der Waals surface area contributed by atoms with Gasteiger partial charge >= 0.3 is 0 Å². The first kappa shape index (κ1) is 15.4. The van der Waals surface area contributed by atoms with Crippen molar-refractivity contribution in [3.63, 3.8) is 0 Å². The molecule has 3 nitrogen and oxygen atoms in total. The zero-order chi connectivity index (χ0) is 15.2. The summed E-state index contributed by atoms with van der Waals surface area (Å²) in [6.07, 6.45) is 0. The highest BCUT2D eigenvalue weighted by atomic mass is 35.5. The fourth-order valence-corrected chi connectivity index (χ4v) is 2.18. The molecule has 2 aromatic rings. The van der Waals surface area contributed by atoms with E-state index in [1.165, 1.54) is 5.56 Å². The summed E-state index contributed by atoms with van der Waals surface area (Å²) in [7, 11) is 0. The lowest BCUT2D eigenvalue weighted by molar-refractivity contribution is -0.119. The lowest BCUT2D eigenvalue weighted by Crippen LogP contribution is -2.29. The molecule has 2 rings (SSSR count). The smallest absolute Gasteiger partial charge is 0.239 e. The van der Waals surface area contributed by atoms with E-state index >= 15 is 0 Å². The Morgan fingerprint density at radius 3 is 2.48 bits per heavy atom. The van der Waals surface area contributed by atoms with Gasteiger partial charge in [-0.05, 0) is 43.2 Å². The van der Waals surface area contributed by atoms with Gasteiger partial charge in [-0.25, -0.2) is 0 Å². The minimum Gasteiger partial charge on any atom is -0.376 e. The molecule has 0 atom stereocenters. The average molecular weight is 303 g/mol.